The Balaban J connectivity index is 1.70. The molecule has 0 atom stereocenters. The molecule has 0 saturated carbocycles. The van der Waals surface area contributed by atoms with Gasteiger partial charge in [-0.3, -0.25) is 4.79 Å². The fourth-order valence-electron chi connectivity index (χ4n) is 2.36. The monoisotopic (exact) mass is 388 g/mol. The normalized spacial score (nSPS) is 11.0. The van der Waals surface area contributed by atoms with Crippen LogP contribution in [0.4, 0.5) is 30.4 Å². The molecule has 3 rings (SSSR count). The number of methoxy groups -OCH3 is 1. The molecule has 0 fully saturated rings. The number of nitrogens with zero attached hydrogens (tertiary/aromatic N) is 2. The third-order valence-electron chi connectivity index (χ3n) is 3.70. The summed E-state index contributed by atoms with van der Waals surface area (Å²) in [5, 5.41) is 5.38. The van der Waals surface area contributed by atoms with E-state index in [4.69, 9.17) is 4.74 Å². The van der Waals surface area contributed by atoms with Gasteiger partial charge < -0.3 is 15.4 Å². The van der Waals surface area contributed by atoms with Crippen LogP contribution in [-0.4, -0.2) is 23.0 Å². The Bertz CT molecular complexity index is 975. The first-order valence-corrected chi connectivity index (χ1v) is 8.07. The standard InChI is InChI=1S/C19H15F3N4O2/c1-28-16-8-3-2-7-14(16)26-17-11-23-15(10-24-17)18(27)25-13-6-4-5-12(9-13)19(20,21)22/h2-11H,1H3,(H,24,26)(H,25,27). The van der Waals surface area contributed by atoms with Gasteiger partial charge in [0, 0.05) is 5.69 Å². The maximum atomic E-state index is 12.8. The lowest BCUT2D eigenvalue weighted by molar-refractivity contribution is -0.137. The smallest absolute Gasteiger partial charge is 0.416 e. The van der Waals surface area contributed by atoms with E-state index >= 15 is 0 Å². The van der Waals surface area contributed by atoms with E-state index in [1.165, 1.54) is 31.6 Å². The fourth-order valence-corrected chi connectivity index (χ4v) is 2.36. The summed E-state index contributed by atoms with van der Waals surface area (Å²) in [4.78, 5) is 20.3. The Labute approximate surface area is 158 Å². The maximum Gasteiger partial charge on any atom is 0.416 e. The highest BCUT2D eigenvalue weighted by molar-refractivity contribution is 6.02. The summed E-state index contributed by atoms with van der Waals surface area (Å²) < 4.78 is 43.5. The zero-order chi connectivity index (χ0) is 20.1. The molecule has 0 aliphatic carbocycles. The number of anilines is 3. The van der Waals surface area contributed by atoms with Crippen LogP contribution in [0.3, 0.4) is 0 Å². The summed E-state index contributed by atoms with van der Waals surface area (Å²) >= 11 is 0. The molecule has 0 radical (unpaired) electrons. The van der Waals surface area contributed by atoms with Crippen molar-refractivity contribution in [3.63, 3.8) is 0 Å². The first kappa shape index (κ1) is 19.2. The van der Waals surface area contributed by atoms with E-state index in [1.54, 1.807) is 12.1 Å². The molecule has 28 heavy (non-hydrogen) atoms. The number of carbonyl (C=O) groups is 1. The number of rotatable bonds is 5. The van der Waals surface area contributed by atoms with Crippen molar-refractivity contribution in [3.05, 3.63) is 72.2 Å². The lowest BCUT2D eigenvalue weighted by Crippen LogP contribution is -2.15. The van der Waals surface area contributed by atoms with Gasteiger partial charge in [0.1, 0.15) is 17.3 Å². The number of amides is 1. The van der Waals surface area contributed by atoms with Gasteiger partial charge in [0.25, 0.3) is 5.91 Å². The number of carbonyl (C=O) groups excluding carboxylic acids is 1. The van der Waals surface area contributed by atoms with Gasteiger partial charge in [-0.05, 0) is 30.3 Å². The summed E-state index contributed by atoms with van der Waals surface area (Å²) in [6, 6.07) is 11.5. The van der Waals surface area contributed by atoms with Crippen LogP contribution in [0, 0.1) is 0 Å². The Kier molecular flexibility index (Phi) is 5.44. The molecule has 6 nitrogen and oxygen atoms in total. The molecule has 1 amide bonds. The fraction of sp³-hybridized carbons (Fsp3) is 0.105. The molecule has 0 saturated heterocycles. The largest absolute Gasteiger partial charge is 0.495 e. The molecule has 0 spiro atoms. The average molecular weight is 388 g/mol. The van der Waals surface area contributed by atoms with E-state index in [0.29, 0.717) is 17.3 Å². The van der Waals surface area contributed by atoms with Gasteiger partial charge in [0.2, 0.25) is 0 Å². The molecule has 0 aliphatic rings. The number of hydrogen-bond donors (Lipinski definition) is 2. The molecule has 1 aromatic heterocycles. The highest BCUT2D eigenvalue weighted by Gasteiger charge is 2.30. The molecule has 9 heteroatoms. The minimum Gasteiger partial charge on any atom is -0.495 e. The van der Waals surface area contributed by atoms with Crippen molar-refractivity contribution in [2.24, 2.45) is 0 Å². The van der Waals surface area contributed by atoms with Gasteiger partial charge in [-0.15, -0.1) is 0 Å². The van der Waals surface area contributed by atoms with Gasteiger partial charge in [0.15, 0.2) is 0 Å². The highest BCUT2D eigenvalue weighted by Crippen LogP contribution is 2.30. The Morgan fingerprint density at radius 1 is 1.04 bits per heavy atom. The predicted molar refractivity (Wildman–Crippen MR) is 97.7 cm³/mol. The van der Waals surface area contributed by atoms with Crippen LogP contribution in [0.15, 0.2) is 60.9 Å². The molecule has 3 aromatic rings. The second-order valence-corrected chi connectivity index (χ2v) is 5.64. The zero-order valence-corrected chi connectivity index (χ0v) is 14.6. The van der Waals surface area contributed by atoms with E-state index in [0.717, 1.165) is 12.1 Å². The van der Waals surface area contributed by atoms with Crippen molar-refractivity contribution >= 4 is 23.1 Å². The molecular formula is C19H15F3N4O2. The van der Waals surface area contributed by atoms with Gasteiger partial charge in [-0.2, -0.15) is 13.2 Å². The molecule has 144 valence electrons. The second-order valence-electron chi connectivity index (χ2n) is 5.64. The van der Waals surface area contributed by atoms with Crippen LogP contribution in [0.5, 0.6) is 5.75 Å². The Morgan fingerprint density at radius 2 is 1.82 bits per heavy atom. The summed E-state index contributed by atoms with van der Waals surface area (Å²) in [5.74, 6) is 0.312. The summed E-state index contributed by atoms with van der Waals surface area (Å²) in [6.07, 6.45) is -1.93. The number of alkyl halides is 3. The van der Waals surface area contributed by atoms with Crippen molar-refractivity contribution in [2.45, 2.75) is 6.18 Å². The van der Waals surface area contributed by atoms with Crippen molar-refractivity contribution in [1.82, 2.24) is 9.97 Å². The van der Waals surface area contributed by atoms with Gasteiger partial charge in [-0.25, -0.2) is 9.97 Å². The minimum atomic E-state index is -4.49. The summed E-state index contributed by atoms with van der Waals surface area (Å²) in [5.41, 5.74) is -0.214. The summed E-state index contributed by atoms with van der Waals surface area (Å²) in [7, 11) is 1.54. The Morgan fingerprint density at radius 3 is 2.50 bits per heavy atom. The average Bonchev–Trinajstić information content (AvgIpc) is 2.68. The number of hydrogen-bond acceptors (Lipinski definition) is 5. The second kappa shape index (κ2) is 7.95. The van der Waals surface area contributed by atoms with Crippen LogP contribution < -0.4 is 15.4 Å². The third kappa shape index (κ3) is 4.56. The van der Waals surface area contributed by atoms with Crippen LogP contribution in [0.2, 0.25) is 0 Å². The number of aromatic nitrogens is 2. The molecule has 0 aliphatic heterocycles. The van der Waals surface area contributed by atoms with E-state index in [2.05, 4.69) is 20.6 Å². The van der Waals surface area contributed by atoms with E-state index in [1.807, 2.05) is 12.1 Å². The number of ether oxygens (including phenoxy) is 1. The molecule has 2 aromatic carbocycles. The number of halogens is 3. The molecule has 0 unspecified atom stereocenters. The van der Waals surface area contributed by atoms with Gasteiger partial charge in [0.05, 0.1) is 30.8 Å². The first-order valence-electron chi connectivity index (χ1n) is 8.07. The van der Waals surface area contributed by atoms with Crippen LogP contribution >= 0.6 is 0 Å². The van der Waals surface area contributed by atoms with E-state index in [9.17, 15) is 18.0 Å². The van der Waals surface area contributed by atoms with Crippen LogP contribution in [0.1, 0.15) is 16.1 Å². The first-order chi connectivity index (χ1) is 13.4. The molecule has 0 bridgehead atoms. The maximum absolute atomic E-state index is 12.8. The lowest BCUT2D eigenvalue weighted by Gasteiger charge is -2.11. The quantitative estimate of drug-likeness (QED) is 0.673. The molecule has 2 N–H and O–H groups in total. The zero-order valence-electron chi connectivity index (χ0n) is 14.6. The van der Waals surface area contributed by atoms with Crippen molar-refractivity contribution in [2.75, 3.05) is 17.7 Å². The van der Waals surface area contributed by atoms with Crippen molar-refractivity contribution in [1.29, 1.82) is 0 Å². The number of nitrogens with one attached hydrogen (secondary N) is 2. The van der Waals surface area contributed by atoms with Gasteiger partial charge >= 0.3 is 6.18 Å². The third-order valence-corrected chi connectivity index (χ3v) is 3.70. The van der Waals surface area contributed by atoms with Gasteiger partial charge in [-0.1, -0.05) is 18.2 Å². The lowest BCUT2D eigenvalue weighted by atomic mass is 10.2. The van der Waals surface area contributed by atoms with E-state index < -0.39 is 17.6 Å². The predicted octanol–water partition coefficient (Wildman–Crippen LogP) is 4.50. The summed E-state index contributed by atoms with van der Waals surface area (Å²) in [6.45, 7) is 0. The topological polar surface area (TPSA) is 76.1 Å². The van der Waals surface area contributed by atoms with Crippen LogP contribution in [-0.2, 0) is 6.18 Å². The number of para-hydroxylation sites is 2. The number of benzene rings is 2. The van der Waals surface area contributed by atoms with Crippen molar-refractivity contribution < 1.29 is 22.7 Å². The van der Waals surface area contributed by atoms with Crippen LogP contribution in [0.25, 0.3) is 0 Å². The highest BCUT2D eigenvalue weighted by atomic mass is 19.4. The molecule has 1 heterocycles. The minimum absolute atomic E-state index is 0.0119. The van der Waals surface area contributed by atoms with E-state index in [-0.39, 0.29) is 11.4 Å². The Hall–Kier alpha value is -3.62. The molecular weight excluding hydrogens is 373 g/mol. The van der Waals surface area contributed by atoms with Crippen molar-refractivity contribution in [3.8, 4) is 5.75 Å². The SMILES string of the molecule is COc1ccccc1Nc1cnc(C(=O)Nc2cccc(C(F)(F)F)c2)cn1.